The molecule has 168 valence electrons. The van der Waals surface area contributed by atoms with Crippen molar-refractivity contribution in [2.45, 2.75) is 6.18 Å². The molecule has 1 heterocycles. The first kappa shape index (κ1) is 24.9. The minimum atomic E-state index is -4.68. The Morgan fingerprint density at radius 2 is 1.62 bits per heavy atom. The van der Waals surface area contributed by atoms with Gasteiger partial charge in [-0.2, -0.15) is 13.2 Å². The largest absolute Gasteiger partial charge is 0.478 e. The lowest BCUT2D eigenvalue weighted by atomic mass is 10.0. The molecular formula is C21H13BrF5NO4. The van der Waals surface area contributed by atoms with E-state index in [9.17, 15) is 31.5 Å². The van der Waals surface area contributed by atoms with Crippen molar-refractivity contribution < 1.29 is 41.4 Å². The van der Waals surface area contributed by atoms with Crippen LogP contribution in [0.3, 0.4) is 0 Å². The molecule has 0 bridgehead atoms. The van der Waals surface area contributed by atoms with E-state index in [1.54, 1.807) is 0 Å². The van der Waals surface area contributed by atoms with Crippen LogP contribution < -0.4 is 0 Å². The number of carboxylic acid groups (broad SMARTS) is 1. The third-order valence-electron chi connectivity index (χ3n) is 3.92. The number of carbonyl (C=O) groups excluding carboxylic acids is 1. The number of carboxylic acids is 1. The summed E-state index contributed by atoms with van der Waals surface area (Å²) in [7, 11) is 1.25. The lowest BCUT2D eigenvalue weighted by molar-refractivity contribution is -0.137. The van der Waals surface area contributed by atoms with E-state index in [2.05, 4.69) is 25.7 Å². The molecule has 0 aliphatic heterocycles. The van der Waals surface area contributed by atoms with Crippen molar-refractivity contribution in [2.24, 2.45) is 0 Å². The second-order valence-electron chi connectivity index (χ2n) is 6.02. The summed E-state index contributed by atoms with van der Waals surface area (Å²) in [5, 5.41) is 8.69. The summed E-state index contributed by atoms with van der Waals surface area (Å²) in [5.74, 6) is -3.46. The lowest BCUT2D eigenvalue weighted by Gasteiger charge is -2.12. The number of hydrogen-bond donors (Lipinski definition) is 1. The van der Waals surface area contributed by atoms with Gasteiger partial charge in [-0.15, -0.1) is 0 Å². The zero-order valence-corrected chi connectivity index (χ0v) is 17.7. The molecule has 0 fully saturated rings. The van der Waals surface area contributed by atoms with Gasteiger partial charge in [-0.25, -0.2) is 18.4 Å². The molecule has 0 aliphatic carbocycles. The second kappa shape index (κ2) is 10.3. The van der Waals surface area contributed by atoms with Crippen LogP contribution in [-0.2, 0) is 10.9 Å². The molecule has 32 heavy (non-hydrogen) atoms. The fourth-order valence-electron chi connectivity index (χ4n) is 2.43. The van der Waals surface area contributed by atoms with E-state index in [1.165, 1.54) is 19.2 Å². The number of hydrogen-bond acceptors (Lipinski definition) is 4. The maximum Gasteiger partial charge on any atom is 0.418 e. The van der Waals surface area contributed by atoms with E-state index >= 15 is 0 Å². The van der Waals surface area contributed by atoms with Crippen molar-refractivity contribution >= 4 is 27.9 Å². The average molecular weight is 518 g/mol. The van der Waals surface area contributed by atoms with Crippen molar-refractivity contribution in [3.8, 4) is 11.3 Å². The highest BCUT2D eigenvalue weighted by atomic mass is 79.9. The molecule has 0 radical (unpaired) electrons. The molecule has 0 saturated heterocycles. The SMILES string of the molecule is COC(=O)c1ccc(Br)c(F)c1.O=C(O)c1ccc(-c2ncccc2C(F)(F)F)c(F)c1. The Hall–Kier alpha value is -3.34. The number of rotatable bonds is 3. The van der Waals surface area contributed by atoms with Gasteiger partial charge in [0.2, 0.25) is 0 Å². The van der Waals surface area contributed by atoms with E-state index < -0.39 is 46.6 Å². The highest BCUT2D eigenvalue weighted by Gasteiger charge is 2.34. The third-order valence-corrected chi connectivity index (χ3v) is 4.57. The Balaban J connectivity index is 0.000000258. The van der Waals surface area contributed by atoms with Crippen LogP contribution in [-0.4, -0.2) is 29.1 Å². The number of alkyl halides is 3. The molecule has 1 aromatic heterocycles. The van der Waals surface area contributed by atoms with E-state index in [0.29, 0.717) is 10.5 Å². The summed E-state index contributed by atoms with van der Waals surface area (Å²) < 4.78 is 69.8. The van der Waals surface area contributed by atoms with E-state index in [-0.39, 0.29) is 11.1 Å². The first-order valence-electron chi connectivity index (χ1n) is 8.54. The zero-order chi connectivity index (χ0) is 24.1. The van der Waals surface area contributed by atoms with E-state index in [0.717, 1.165) is 36.5 Å². The first-order valence-corrected chi connectivity index (χ1v) is 9.33. The number of esters is 1. The number of nitrogens with zero attached hydrogens (tertiary/aromatic N) is 1. The summed E-state index contributed by atoms with van der Waals surface area (Å²) in [4.78, 5) is 25.1. The lowest BCUT2D eigenvalue weighted by Crippen LogP contribution is -2.09. The van der Waals surface area contributed by atoms with Crippen molar-refractivity contribution in [2.75, 3.05) is 7.11 Å². The number of methoxy groups -OCH3 is 1. The first-order chi connectivity index (χ1) is 15.0. The molecule has 5 nitrogen and oxygen atoms in total. The quantitative estimate of drug-likeness (QED) is 0.341. The fraction of sp³-hybridized carbons (Fsp3) is 0.0952. The van der Waals surface area contributed by atoms with Crippen molar-refractivity contribution in [3.05, 3.63) is 87.5 Å². The minimum absolute atomic E-state index is 0.207. The van der Waals surface area contributed by atoms with Gasteiger partial charge in [0.25, 0.3) is 0 Å². The number of aromatic nitrogens is 1. The van der Waals surface area contributed by atoms with Gasteiger partial charge in [0.1, 0.15) is 11.6 Å². The normalized spacial score (nSPS) is 10.7. The summed E-state index contributed by atoms with van der Waals surface area (Å²) in [5.41, 5.74) is -2.20. The van der Waals surface area contributed by atoms with Crippen molar-refractivity contribution in [3.63, 3.8) is 0 Å². The van der Waals surface area contributed by atoms with Crippen LogP contribution >= 0.6 is 15.9 Å². The number of halogens is 6. The summed E-state index contributed by atoms with van der Waals surface area (Å²) in [6, 6.07) is 8.59. The summed E-state index contributed by atoms with van der Waals surface area (Å²) in [6.45, 7) is 0. The van der Waals surface area contributed by atoms with Crippen LogP contribution in [0.5, 0.6) is 0 Å². The fourth-order valence-corrected chi connectivity index (χ4v) is 2.68. The summed E-state index contributed by atoms with van der Waals surface area (Å²) >= 11 is 2.97. The smallest absolute Gasteiger partial charge is 0.418 e. The second-order valence-corrected chi connectivity index (χ2v) is 6.87. The van der Waals surface area contributed by atoms with Crippen LogP contribution in [0.15, 0.2) is 59.2 Å². The van der Waals surface area contributed by atoms with Crippen LogP contribution in [0.4, 0.5) is 22.0 Å². The molecule has 3 aromatic rings. The van der Waals surface area contributed by atoms with E-state index in [4.69, 9.17) is 5.11 Å². The number of carbonyl (C=O) groups is 2. The highest BCUT2D eigenvalue weighted by molar-refractivity contribution is 9.10. The number of benzene rings is 2. The Morgan fingerprint density at radius 3 is 2.16 bits per heavy atom. The van der Waals surface area contributed by atoms with Gasteiger partial charge >= 0.3 is 18.1 Å². The Morgan fingerprint density at radius 1 is 1.00 bits per heavy atom. The van der Waals surface area contributed by atoms with Gasteiger partial charge in [-0.1, -0.05) is 0 Å². The topological polar surface area (TPSA) is 76.5 Å². The van der Waals surface area contributed by atoms with Gasteiger partial charge in [-0.3, -0.25) is 4.98 Å². The highest BCUT2D eigenvalue weighted by Crippen LogP contribution is 2.36. The number of pyridine rings is 1. The molecular weight excluding hydrogens is 505 g/mol. The Kier molecular flexibility index (Phi) is 8.03. The monoisotopic (exact) mass is 517 g/mol. The van der Waals surface area contributed by atoms with Gasteiger partial charge in [0.05, 0.1) is 34.0 Å². The van der Waals surface area contributed by atoms with E-state index in [1.807, 2.05) is 0 Å². The molecule has 11 heteroatoms. The number of ether oxygens (including phenoxy) is 1. The maximum atomic E-state index is 13.8. The molecule has 2 aromatic carbocycles. The van der Waals surface area contributed by atoms with Crippen molar-refractivity contribution in [1.82, 2.24) is 4.98 Å². The zero-order valence-electron chi connectivity index (χ0n) is 16.1. The summed E-state index contributed by atoms with van der Waals surface area (Å²) in [6.07, 6.45) is -3.57. The van der Waals surface area contributed by atoms with Crippen molar-refractivity contribution in [1.29, 1.82) is 0 Å². The molecule has 0 spiro atoms. The van der Waals surface area contributed by atoms with Crippen LogP contribution in [0, 0.1) is 11.6 Å². The molecule has 0 aliphatic rings. The average Bonchev–Trinajstić information content (AvgIpc) is 2.75. The standard InChI is InChI=1S/C13H7F4NO2.C8H6BrFO2/c14-10-6-7(12(19)20)3-4-8(10)11-9(13(15,16)17)2-1-5-18-11;1-12-8(11)5-2-3-6(9)7(10)4-5/h1-6H,(H,19,20);2-4H,1H3. The number of aromatic carboxylic acids is 1. The Bertz CT molecular complexity index is 1150. The predicted molar refractivity (Wildman–Crippen MR) is 107 cm³/mol. The molecule has 1 N–H and O–H groups in total. The van der Waals surface area contributed by atoms with Crippen LogP contribution in [0.2, 0.25) is 0 Å². The van der Waals surface area contributed by atoms with Gasteiger partial charge in [-0.05, 0) is 64.5 Å². The molecule has 3 rings (SSSR count). The van der Waals surface area contributed by atoms with Gasteiger partial charge < -0.3 is 9.84 Å². The Labute approximate surface area is 186 Å². The predicted octanol–water partition coefficient (Wildman–Crippen LogP) is 5.98. The molecule has 0 unspecified atom stereocenters. The molecule has 0 amide bonds. The molecule has 0 saturated carbocycles. The van der Waals surface area contributed by atoms with Gasteiger partial charge in [0, 0.05) is 11.8 Å². The molecule has 0 atom stereocenters. The van der Waals surface area contributed by atoms with Crippen LogP contribution in [0.25, 0.3) is 11.3 Å². The third kappa shape index (κ3) is 6.10. The van der Waals surface area contributed by atoms with Gasteiger partial charge in [0.15, 0.2) is 0 Å². The van der Waals surface area contributed by atoms with Crippen LogP contribution in [0.1, 0.15) is 26.3 Å². The maximum absolute atomic E-state index is 13.8. The minimum Gasteiger partial charge on any atom is -0.478 e.